The van der Waals surface area contributed by atoms with Crippen LogP contribution < -0.4 is 5.32 Å². The van der Waals surface area contributed by atoms with Crippen molar-refractivity contribution < 1.29 is 18.0 Å². The number of aryl methyl sites for hydroxylation is 1. The van der Waals surface area contributed by atoms with Crippen LogP contribution >= 0.6 is 11.6 Å². The van der Waals surface area contributed by atoms with Crippen LogP contribution in [0, 0.1) is 13.8 Å². The summed E-state index contributed by atoms with van der Waals surface area (Å²) in [4.78, 5) is 12.4. The second kappa shape index (κ2) is 7.63. The standard InChI is InChI=1S/C19H16ClF3N4O/c1-11-3-8-15(9-16(11)20)27-12(2)17(25-26-27)18(28)24-10-13-4-6-14(7-5-13)19(21,22)23/h3-9H,10H2,1-2H3,(H,24,28). The third kappa shape index (κ3) is 4.17. The Labute approximate surface area is 164 Å². The van der Waals surface area contributed by atoms with E-state index in [4.69, 9.17) is 11.6 Å². The van der Waals surface area contributed by atoms with Gasteiger partial charge in [0.1, 0.15) is 0 Å². The lowest BCUT2D eigenvalue weighted by Crippen LogP contribution is -2.24. The van der Waals surface area contributed by atoms with Crippen LogP contribution in [-0.4, -0.2) is 20.9 Å². The molecule has 0 saturated heterocycles. The highest BCUT2D eigenvalue weighted by atomic mass is 35.5. The quantitative estimate of drug-likeness (QED) is 0.692. The lowest BCUT2D eigenvalue weighted by molar-refractivity contribution is -0.137. The lowest BCUT2D eigenvalue weighted by Gasteiger charge is -2.08. The molecule has 0 aliphatic carbocycles. The second-order valence-corrected chi connectivity index (χ2v) is 6.65. The number of hydrogen-bond donors (Lipinski definition) is 1. The molecule has 3 rings (SSSR count). The molecule has 1 amide bonds. The van der Waals surface area contributed by atoms with Gasteiger partial charge in [-0.1, -0.05) is 35.0 Å². The Hall–Kier alpha value is -2.87. The van der Waals surface area contributed by atoms with Crippen LogP contribution in [0.2, 0.25) is 5.02 Å². The first kappa shape index (κ1) is 19.9. The number of nitrogens with zero attached hydrogens (tertiary/aromatic N) is 3. The molecule has 0 unspecified atom stereocenters. The molecule has 1 heterocycles. The van der Waals surface area contributed by atoms with E-state index in [1.807, 2.05) is 19.1 Å². The van der Waals surface area contributed by atoms with Crippen molar-refractivity contribution in [3.63, 3.8) is 0 Å². The van der Waals surface area contributed by atoms with E-state index >= 15 is 0 Å². The number of halogens is 4. The molecule has 1 N–H and O–H groups in total. The van der Waals surface area contributed by atoms with Crippen molar-refractivity contribution in [2.24, 2.45) is 0 Å². The van der Waals surface area contributed by atoms with E-state index in [0.29, 0.717) is 22.0 Å². The molecule has 1 aromatic heterocycles. The Balaban J connectivity index is 1.71. The molecule has 0 bridgehead atoms. The number of carbonyl (C=O) groups is 1. The molecule has 0 atom stereocenters. The van der Waals surface area contributed by atoms with Gasteiger partial charge in [-0.3, -0.25) is 4.79 Å². The molecule has 9 heteroatoms. The molecule has 0 radical (unpaired) electrons. The average Bonchev–Trinajstić information content (AvgIpc) is 3.03. The molecule has 0 fully saturated rings. The van der Waals surface area contributed by atoms with Gasteiger partial charge in [0.05, 0.1) is 16.9 Å². The Morgan fingerprint density at radius 1 is 1.14 bits per heavy atom. The molecule has 0 aliphatic heterocycles. The topological polar surface area (TPSA) is 59.8 Å². The molecule has 28 heavy (non-hydrogen) atoms. The largest absolute Gasteiger partial charge is 0.416 e. The highest BCUT2D eigenvalue weighted by Gasteiger charge is 2.29. The number of hydrogen-bond acceptors (Lipinski definition) is 3. The minimum Gasteiger partial charge on any atom is -0.347 e. The highest BCUT2D eigenvalue weighted by Crippen LogP contribution is 2.29. The minimum absolute atomic E-state index is 0.0691. The number of nitrogens with one attached hydrogen (secondary N) is 1. The summed E-state index contributed by atoms with van der Waals surface area (Å²) in [5.74, 6) is -0.471. The number of aromatic nitrogens is 3. The number of rotatable bonds is 4. The Morgan fingerprint density at radius 2 is 1.82 bits per heavy atom. The minimum atomic E-state index is -4.39. The van der Waals surface area contributed by atoms with E-state index in [-0.39, 0.29) is 12.2 Å². The molecular weight excluding hydrogens is 393 g/mol. The van der Waals surface area contributed by atoms with E-state index in [1.165, 1.54) is 16.8 Å². The third-order valence-electron chi connectivity index (χ3n) is 4.24. The molecule has 2 aromatic carbocycles. The van der Waals surface area contributed by atoms with Crippen molar-refractivity contribution in [2.45, 2.75) is 26.6 Å². The molecule has 146 valence electrons. The molecule has 0 aliphatic rings. The fraction of sp³-hybridized carbons (Fsp3) is 0.211. The zero-order chi connectivity index (χ0) is 20.5. The van der Waals surface area contributed by atoms with E-state index in [1.54, 1.807) is 13.0 Å². The van der Waals surface area contributed by atoms with Crippen molar-refractivity contribution >= 4 is 17.5 Å². The van der Waals surface area contributed by atoms with Gasteiger partial charge in [0, 0.05) is 11.6 Å². The maximum absolute atomic E-state index is 12.6. The number of benzene rings is 2. The monoisotopic (exact) mass is 408 g/mol. The zero-order valence-corrected chi connectivity index (χ0v) is 15.8. The van der Waals surface area contributed by atoms with Crippen LogP contribution in [0.5, 0.6) is 0 Å². The maximum Gasteiger partial charge on any atom is 0.416 e. The fourth-order valence-electron chi connectivity index (χ4n) is 2.58. The van der Waals surface area contributed by atoms with Gasteiger partial charge in [0.2, 0.25) is 0 Å². The van der Waals surface area contributed by atoms with Crippen LogP contribution in [-0.2, 0) is 12.7 Å². The summed E-state index contributed by atoms with van der Waals surface area (Å²) in [6.45, 7) is 3.64. The summed E-state index contributed by atoms with van der Waals surface area (Å²) >= 11 is 6.13. The van der Waals surface area contributed by atoms with Crippen LogP contribution in [0.1, 0.15) is 32.9 Å². The zero-order valence-electron chi connectivity index (χ0n) is 15.0. The summed E-state index contributed by atoms with van der Waals surface area (Å²) in [6.07, 6.45) is -4.39. The van der Waals surface area contributed by atoms with Crippen LogP contribution in [0.3, 0.4) is 0 Å². The Bertz CT molecular complexity index is 1010. The maximum atomic E-state index is 12.6. The van der Waals surface area contributed by atoms with E-state index in [0.717, 1.165) is 17.7 Å². The van der Waals surface area contributed by atoms with Crippen molar-refractivity contribution in [1.29, 1.82) is 0 Å². The van der Waals surface area contributed by atoms with Gasteiger partial charge < -0.3 is 5.32 Å². The van der Waals surface area contributed by atoms with Crippen LogP contribution in [0.25, 0.3) is 5.69 Å². The average molecular weight is 409 g/mol. The summed E-state index contributed by atoms with van der Waals surface area (Å²) in [6, 6.07) is 9.97. The first-order chi connectivity index (χ1) is 13.2. The summed E-state index contributed by atoms with van der Waals surface area (Å²) < 4.78 is 39.3. The Kier molecular flexibility index (Phi) is 5.42. The van der Waals surface area contributed by atoms with Gasteiger partial charge in [-0.05, 0) is 49.2 Å². The van der Waals surface area contributed by atoms with Crippen molar-refractivity contribution in [1.82, 2.24) is 20.3 Å². The third-order valence-corrected chi connectivity index (χ3v) is 4.65. The predicted octanol–water partition coefficient (Wildman–Crippen LogP) is 4.49. The molecule has 5 nitrogen and oxygen atoms in total. The lowest BCUT2D eigenvalue weighted by atomic mass is 10.1. The summed E-state index contributed by atoms with van der Waals surface area (Å²) in [7, 11) is 0. The van der Waals surface area contributed by atoms with Gasteiger partial charge in [-0.2, -0.15) is 13.2 Å². The van der Waals surface area contributed by atoms with Gasteiger partial charge in [-0.15, -0.1) is 5.10 Å². The smallest absolute Gasteiger partial charge is 0.347 e. The van der Waals surface area contributed by atoms with Gasteiger partial charge in [0.15, 0.2) is 5.69 Å². The van der Waals surface area contributed by atoms with Crippen molar-refractivity contribution in [2.75, 3.05) is 0 Å². The van der Waals surface area contributed by atoms with E-state index in [2.05, 4.69) is 15.6 Å². The fourth-order valence-corrected chi connectivity index (χ4v) is 2.75. The molecule has 3 aromatic rings. The Morgan fingerprint density at radius 3 is 2.43 bits per heavy atom. The SMILES string of the molecule is Cc1ccc(-n2nnc(C(=O)NCc3ccc(C(F)(F)F)cc3)c2C)cc1Cl. The van der Waals surface area contributed by atoms with Gasteiger partial charge in [0.25, 0.3) is 5.91 Å². The van der Waals surface area contributed by atoms with Crippen LogP contribution in [0.4, 0.5) is 13.2 Å². The summed E-state index contributed by atoms with van der Waals surface area (Å²) in [5, 5.41) is 11.1. The van der Waals surface area contributed by atoms with E-state index < -0.39 is 17.6 Å². The van der Waals surface area contributed by atoms with Crippen molar-refractivity contribution in [3.05, 3.63) is 75.6 Å². The van der Waals surface area contributed by atoms with Crippen molar-refractivity contribution in [3.8, 4) is 5.69 Å². The van der Waals surface area contributed by atoms with Gasteiger partial charge >= 0.3 is 6.18 Å². The number of amides is 1. The van der Waals surface area contributed by atoms with Crippen LogP contribution in [0.15, 0.2) is 42.5 Å². The number of carbonyl (C=O) groups excluding carboxylic acids is 1. The molecular formula is C19H16ClF3N4O. The molecule has 0 saturated carbocycles. The van der Waals surface area contributed by atoms with E-state index in [9.17, 15) is 18.0 Å². The predicted molar refractivity (Wildman–Crippen MR) is 98.5 cm³/mol. The first-order valence-corrected chi connectivity index (χ1v) is 8.68. The van der Waals surface area contributed by atoms with Gasteiger partial charge in [-0.25, -0.2) is 4.68 Å². The molecule has 0 spiro atoms. The number of alkyl halides is 3. The summed E-state index contributed by atoms with van der Waals surface area (Å²) in [5.41, 5.74) is 2.03. The normalized spacial score (nSPS) is 11.5. The highest BCUT2D eigenvalue weighted by molar-refractivity contribution is 6.31. The first-order valence-electron chi connectivity index (χ1n) is 8.30. The second-order valence-electron chi connectivity index (χ2n) is 6.25.